The number of nitrogens with one attached hydrogen (secondary N) is 1. The standard InChI is InChI=1S/C12H17ClN4O/c1-8-5-9(3-4-17(8)2)15-12(18)10-6-14-7-11(13)16-10/h6-9H,3-5H2,1-2H3,(H,15,18). The minimum atomic E-state index is -0.202. The summed E-state index contributed by atoms with van der Waals surface area (Å²) < 4.78 is 0. The van der Waals surface area contributed by atoms with Gasteiger partial charge in [0.15, 0.2) is 0 Å². The normalized spacial score (nSPS) is 24.8. The maximum Gasteiger partial charge on any atom is 0.271 e. The molecule has 0 saturated carbocycles. The van der Waals surface area contributed by atoms with Crippen molar-refractivity contribution in [1.29, 1.82) is 0 Å². The third-order valence-electron chi connectivity index (χ3n) is 3.38. The van der Waals surface area contributed by atoms with Crippen LogP contribution in [-0.4, -0.2) is 46.5 Å². The molecule has 0 spiro atoms. The highest BCUT2D eigenvalue weighted by Crippen LogP contribution is 2.15. The van der Waals surface area contributed by atoms with Crippen LogP contribution < -0.4 is 5.32 Å². The first-order valence-electron chi connectivity index (χ1n) is 6.05. The number of carbonyl (C=O) groups excluding carboxylic acids is 1. The summed E-state index contributed by atoms with van der Waals surface area (Å²) in [6.45, 7) is 3.16. The van der Waals surface area contributed by atoms with Gasteiger partial charge in [0, 0.05) is 18.6 Å². The summed E-state index contributed by atoms with van der Waals surface area (Å²) in [5.74, 6) is -0.202. The molecular formula is C12H17ClN4O. The lowest BCUT2D eigenvalue weighted by Gasteiger charge is -2.35. The zero-order chi connectivity index (χ0) is 13.1. The predicted molar refractivity (Wildman–Crippen MR) is 69.6 cm³/mol. The van der Waals surface area contributed by atoms with Crippen LogP contribution in [0.15, 0.2) is 12.4 Å². The first-order valence-corrected chi connectivity index (χ1v) is 6.42. The van der Waals surface area contributed by atoms with Crippen molar-refractivity contribution < 1.29 is 4.79 Å². The van der Waals surface area contributed by atoms with E-state index in [0.717, 1.165) is 19.4 Å². The molecule has 0 bridgehead atoms. The number of aromatic nitrogens is 2. The zero-order valence-corrected chi connectivity index (χ0v) is 11.3. The van der Waals surface area contributed by atoms with Crippen molar-refractivity contribution in [3.63, 3.8) is 0 Å². The van der Waals surface area contributed by atoms with E-state index >= 15 is 0 Å². The summed E-state index contributed by atoms with van der Waals surface area (Å²) in [6.07, 6.45) is 4.76. The molecule has 2 heterocycles. The third-order valence-corrected chi connectivity index (χ3v) is 3.56. The Bertz CT molecular complexity index is 440. The molecule has 0 aliphatic carbocycles. The van der Waals surface area contributed by atoms with E-state index in [2.05, 4.69) is 34.2 Å². The quantitative estimate of drug-likeness (QED) is 0.880. The van der Waals surface area contributed by atoms with E-state index in [9.17, 15) is 4.79 Å². The third kappa shape index (κ3) is 3.17. The minimum Gasteiger partial charge on any atom is -0.348 e. The Kier molecular flexibility index (Phi) is 4.14. The molecule has 2 atom stereocenters. The molecule has 1 saturated heterocycles. The Labute approximate surface area is 112 Å². The Morgan fingerprint density at radius 1 is 1.56 bits per heavy atom. The van der Waals surface area contributed by atoms with E-state index in [-0.39, 0.29) is 22.8 Å². The number of halogens is 1. The number of nitrogens with zero attached hydrogens (tertiary/aromatic N) is 3. The van der Waals surface area contributed by atoms with Gasteiger partial charge in [-0.15, -0.1) is 0 Å². The topological polar surface area (TPSA) is 58.1 Å². The fraction of sp³-hybridized carbons (Fsp3) is 0.583. The Morgan fingerprint density at radius 3 is 3.00 bits per heavy atom. The van der Waals surface area contributed by atoms with Gasteiger partial charge < -0.3 is 10.2 Å². The van der Waals surface area contributed by atoms with Crippen LogP contribution in [0.3, 0.4) is 0 Å². The van der Waals surface area contributed by atoms with Crippen LogP contribution in [-0.2, 0) is 0 Å². The smallest absolute Gasteiger partial charge is 0.271 e. The summed E-state index contributed by atoms with van der Waals surface area (Å²) in [7, 11) is 2.10. The van der Waals surface area contributed by atoms with E-state index in [0.29, 0.717) is 6.04 Å². The van der Waals surface area contributed by atoms with Crippen molar-refractivity contribution in [3.05, 3.63) is 23.2 Å². The van der Waals surface area contributed by atoms with E-state index in [1.165, 1.54) is 12.4 Å². The highest BCUT2D eigenvalue weighted by atomic mass is 35.5. The van der Waals surface area contributed by atoms with Crippen molar-refractivity contribution in [2.24, 2.45) is 0 Å². The SMILES string of the molecule is CC1CC(NC(=O)c2cncc(Cl)n2)CCN1C. The summed E-state index contributed by atoms with van der Waals surface area (Å²) in [6, 6.07) is 0.680. The van der Waals surface area contributed by atoms with Crippen molar-refractivity contribution in [1.82, 2.24) is 20.2 Å². The number of piperidine rings is 1. The summed E-state index contributed by atoms with van der Waals surface area (Å²) in [4.78, 5) is 22.1. The molecule has 1 aliphatic heterocycles. The molecule has 1 aliphatic rings. The van der Waals surface area contributed by atoms with Crippen molar-refractivity contribution in [2.75, 3.05) is 13.6 Å². The minimum absolute atomic E-state index is 0.199. The first-order chi connectivity index (χ1) is 8.56. The maximum atomic E-state index is 12.0. The molecule has 1 aromatic rings. The highest BCUT2D eigenvalue weighted by Gasteiger charge is 2.24. The number of amides is 1. The molecule has 98 valence electrons. The second kappa shape index (κ2) is 5.63. The molecule has 0 aromatic carbocycles. The number of hydrogen-bond acceptors (Lipinski definition) is 4. The summed E-state index contributed by atoms with van der Waals surface area (Å²) >= 11 is 5.71. The van der Waals surface area contributed by atoms with Crippen LogP contribution in [0, 0.1) is 0 Å². The molecule has 1 amide bonds. The zero-order valence-electron chi connectivity index (χ0n) is 10.6. The lowest BCUT2D eigenvalue weighted by molar-refractivity contribution is 0.0891. The van der Waals surface area contributed by atoms with Crippen LogP contribution >= 0.6 is 11.6 Å². The summed E-state index contributed by atoms with van der Waals surface area (Å²) in [5.41, 5.74) is 0.272. The Morgan fingerprint density at radius 2 is 2.33 bits per heavy atom. The number of hydrogen-bond donors (Lipinski definition) is 1. The molecule has 2 rings (SSSR count). The molecule has 0 radical (unpaired) electrons. The molecule has 18 heavy (non-hydrogen) atoms. The number of likely N-dealkylation sites (tertiary alicyclic amines) is 1. The van der Waals surface area contributed by atoms with Gasteiger partial charge in [-0.1, -0.05) is 11.6 Å². The van der Waals surface area contributed by atoms with Crippen LogP contribution in [0.5, 0.6) is 0 Å². The second-order valence-corrected chi connectivity index (χ2v) is 5.14. The monoisotopic (exact) mass is 268 g/mol. The van der Waals surface area contributed by atoms with Gasteiger partial charge in [0.05, 0.1) is 12.4 Å². The van der Waals surface area contributed by atoms with Gasteiger partial charge >= 0.3 is 0 Å². The van der Waals surface area contributed by atoms with Crippen molar-refractivity contribution in [3.8, 4) is 0 Å². The summed E-state index contributed by atoms with van der Waals surface area (Å²) in [5, 5.41) is 3.22. The fourth-order valence-corrected chi connectivity index (χ4v) is 2.28. The van der Waals surface area contributed by atoms with Gasteiger partial charge in [0.2, 0.25) is 0 Å². The van der Waals surface area contributed by atoms with Crippen molar-refractivity contribution >= 4 is 17.5 Å². The average molecular weight is 269 g/mol. The van der Waals surface area contributed by atoms with Gasteiger partial charge in [-0.05, 0) is 26.8 Å². The van der Waals surface area contributed by atoms with E-state index in [1.807, 2.05) is 0 Å². The number of carbonyl (C=O) groups is 1. The molecule has 1 aromatic heterocycles. The fourth-order valence-electron chi connectivity index (χ4n) is 2.13. The largest absolute Gasteiger partial charge is 0.348 e. The van der Waals surface area contributed by atoms with Gasteiger partial charge in [-0.2, -0.15) is 0 Å². The van der Waals surface area contributed by atoms with Gasteiger partial charge in [-0.3, -0.25) is 9.78 Å². The van der Waals surface area contributed by atoms with Gasteiger partial charge in [-0.25, -0.2) is 4.98 Å². The first kappa shape index (κ1) is 13.2. The molecule has 6 heteroatoms. The van der Waals surface area contributed by atoms with Crippen LogP contribution in [0.25, 0.3) is 0 Å². The molecule has 1 fully saturated rings. The molecule has 2 unspecified atom stereocenters. The molecule has 1 N–H and O–H groups in total. The maximum absolute atomic E-state index is 12.0. The highest BCUT2D eigenvalue weighted by molar-refractivity contribution is 6.29. The Balaban J connectivity index is 1.96. The van der Waals surface area contributed by atoms with Gasteiger partial charge in [0.1, 0.15) is 10.8 Å². The Hall–Kier alpha value is -1.20. The predicted octanol–water partition coefficient (Wildman–Crippen LogP) is 1.34. The lowest BCUT2D eigenvalue weighted by atomic mass is 9.99. The number of rotatable bonds is 2. The van der Waals surface area contributed by atoms with Crippen LogP contribution in [0.1, 0.15) is 30.3 Å². The van der Waals surface area contributed by atoms with E-state index in [4.69, 9.17) is 11.6 Å². The average Bonchev–Trinajstić information content (AvgIpc) is 2.34. The van der Waals surface area contributed by atoms with E-state index < -0.39 is 0 Å². The van der Waals surface area contributed by atoms with Crippen LogP contribution in [0.4, 0.5) is 0 Å². The van der Waals surface area contributed by atoms with Gasteiger partial charge in [0.25, 0.3) is 5.91 Å². The lowest BCUT2D eigenvalue weighted by Crippen LogP contribution is -2.47. The van der Waals surface area contributed by atoms with Crippen LogP contribution in [0.2, 0.25) is 5.15 Å². The second-order valence-electron chi connectivity index (χ2n) is 4.75. The van der Waals surface area contributed by atoms with E-state index in [1.54, 1.807) is 0 Å². The van der Waals surface area contributed by atoms with Crippen molar-refractivity contribution in [2.45, 2.75) is 31.8 Å². The molecule has 5 nitrogen and oxygen atoms in total. The molecular weight excluding hydrogens is 252 g/mol.